The van der Waals surface area contributed by atoms with Crippen molar-refractivity contribution in [1.82, 2.24) is 9.13 Å². The van der Waals surface area contributed by atoms with Crippen LogP contribution >= 0.6 is 0 Å². The maximum Gasteiger partial charge on any atom is 0.265 e. The Labute approximate surface area is 178 Å². The molecule has 0 bridgehead atoms. The Balaban J connectivity index is 1.82. The summed E-state index contributed by atoms with van der Waals surface area (Å²) in [7, 11) is 0. The number of aryl methyl sites for hydroxylation is 1. The molecule has 6 rings (SSSR count). The molecule has 0 fully saturated rings. The molecule has 5 aromatic rings. The molecule has 0 saturated carbocycles. The predicted molar refractivity (Wildman–Crippen MR) is 122 cm³/mol. The number of ketones is 1. The number of hydrogen-bond donors (Lipinski definition) is 0. The van der Waals surface area contributed by atoms with Gasteiger partial charge in [0.05, 0.1) is 22.2 Å². The zero-order valence-corrected chi connectivity index (χ0v) is 16.9. The molecule has 1 aliphatic rings. The van der Waals surface area contributed by atoms with Gasteiger partial charge in [-0.15, -0.1) is 0 Å². The predicted octanol–water partition coefficient (Wildman–Crippen LogP) is 5.30. The summed E-state index contributed by atoms with van der Waals surface area (Å²) in [6, 6.07) is 29.1. The number of hydrogen-bond acceptors (Lipinski definition) is 2. The van der Waals surface area contributed by atoms with Crippen molar-refractivity contribution in [1.29, 1.82) is 0 Å². The van der Waals surface area contributed by atoms with E-state index in [-0.39, 0.29) is 11.3 Å². The van der Waals surface area contributed by atoms with Crippen LogP contribution in [0.4, 0.5) is 0 Å². The highest BCUT2D eigenvalue weighted by Crippen LogP contribution is 2.43. The molecule has 0 saturated heterocycles. The molecule has 2 aromatic heterocycles. The molecule has 0 unspecified atom stereocenters. The number of carbonyl (C=O) groups is 1. The molecular weight excluding hydrogens is 384 g/mol. The summed E-state index contributed by atoms with van der Waals surface area (Å²) in [5.74, 6) is -0.0918. The van der Waals surface area contributed by atoms with Crippen molar-refractivity contribution in [3.63, 3.8) is 0 Å². The minimum absolute atomic E-state index is 0.0918. The van der Waals surface area contributed by atoms with E-state index in [1.54, 1.807) is 4.57 Å². The molecule has 148 valence electrons. The summed E-state index contributed by atoms with van der Waals surface area (Å²) in [4.78, 5) is 27.3. The van der Waals surface area contributed by atoms with Crippen molar-refractivity contribution >= 4 is 16.7 Å². The van der Waals surface area contributed by atoms with Crippen molar-refractivity contribution in [2.24, 2.45) is 0 Å². The molecule has 0 spiro atoms. The molecular formula is C27H18N2O2. The summed E-state index contributed by atoms with van der Waals surface area (Å²) in [5, 5.41) is 0.467. The lowest BCUT2D eigenvalue weighted by molar-refractivity contribution is 0.104. The van der Waals surface area contributed by atoms with Gasteiger partial charge in [0.1, 0.15) is 0 Å². The molecule has 0 aliphatic heterocycles. The molecule has 4 nitrogen and oxygen atoms in total. The van der Waals surface area contributed by atoms with Crippen LogP contribution in [-0.2, 0) is 0 Å². The van der Waals surface area contributed by atoms with Crippen molar-refractivity contribution in [2.75, 3.05) is 0 Å². The summed E-state index contributed by atoms with van der Waals surface area (Å²) in [6.45, 7) is 1.93. The van der Waals surface area contributed by atoms with E-state index in [4.69, 9.17) is 0 Å². The van der Waals surface area contributed by atoms with Crippen LogP contribution in [0.2, 0.25) is 0 Å². The monoisotopic (exact) mass is 402 g/mol. The number of rotatable bonds is 2. The molecule has 1 aliphatic carbocycles. The SMILES string of the molecule is Cc1cc2c(c3c(n2-c2ccccc2)-c2ccccc2C3=O)c(=O)n1-c1ccccc1. The number of benzene rings is 3. The molecule has 4 heteroatoms. The zero-order chi connectivity index (χ0) is 21.1. The van der Waals surface area contributed by atoms with E-state index in [1.165, 1.54) is 0 Å². The van der Waals surface area contributed by atoms with Gasteiger partial charge in [-0.25, -0.2) is 0 Å². The lowest BCUT2D eigenvalue weighted by Crippen LogP contribution is -2.21. The van der Waals surface area contributed by atoms with Gasteiger partial charge in [0.25, 0.3) is 5.56 Å². The van der Waals surface area contributed by atoms with E-state index in [9.17, 15) is 9.59 Å². The van der Waals surface area contributed by atoms with Gasteiger partial charge in [0.2, 0.25) is 0 Å². The smallest absolute Gasteiger partial charge is 0.265 e. The first-order valence-electron chi connectivity index (χ1n) is 10.2. The Kier molecular flexibility index (Phi) is 3.65. The number of carbonyl (C=O) groups excluding carboxylic acids is 1. The van der Waals surface area contributed by atoms with Crippen LogP contribution in [0.3, 0.4) is 0 Å². The van der Waals surface area contributed by atoms with Crippen molar-refractivity contribution in [3.8, 4) is 22.6 Å². The summed E-state index contributed by atoms with van der Waals surface area (Å²) < 4.78 is 3.74. The van der Waals surface area contributed by atoms with Gasteiger partial charge in [-0.3, -0.25) is 14.2 Å². The van der Waals surface area contributed by atoms with Crippen LogP contribution in [0.25, 0.3) is 33.5 Å². The third-order valence-corrected chi connectivity index (χ3v) is 6.01. The Hall–Kier alpha value is -4.18. The third-order valence-electron chi connectivity index (χ3n) is 6.01. The van der Waals surface area contributed by atoms with Crippen LogP contribution in [0.5, 0.6) is 0 Å². The summed E-state index contributed by atoms with van der Waals surface area (Å²) >= 11 is 0. The fraction of sp³-hybridized carbons (Fsp3) is 0.0370. The molecule has 0 amide bonds. The van der Waals surface area contributed by atoms with Crippen LogP contribution in [0.1, 0.15) is 21.6 Å². The minimum atomic E-state index is -0.173. The number of pyridine rings is 1. The largest absolute Gasteiger partial charge is 0.308 e. The van der Waals surface area contributed by atoms with Crippen molar-refractivity contribution in [3.05, 3.63) is 118 Å². The topological polar surface area (TPSA) is 44.0 Å². The van der Waals surface area contributed by atoms with Crippen LogP contribution in [-0.4, -0.2) is 14.9 Å². The van der Waals surface area contributed by atoms with E-state index in [2.05, 4.69) is 4.57 Å². The Morgan fingerprint density at radius 1 is 0.645 bits per heavy atom. The van der Waals surface area contributed by atoms with Gasteiger partial charge in [0.15, 0.2) is 5.78 Å². The fourth-order valence-electron chi connectivity index (χ4n) is 4.72. The highest BCUT2D eigenvalue weighted by Gasteiger charge is 2.35. The van der Waals surface area contributed by atoms with Gasteiger partial charge in [0, 0.05) is 28.2 Å². The highest BCUT2D eigenvalue weighted by atomic mass is 16.1. The van der Waals surface area contributed by atoms with Gasteiger partial charge in [-0.2, -0.15) is 0 Å². The third kappa shape index (κ3) is 2.36. The second-order valence-corrected chi connectivity index (χ2v) is 7.79. The van der Waals surface area contributed by atoms with Crippen LogP contribution in [0.15, 0.2) is 95.8 Å². The second kappa shape index (κ2) is 6.41. The quantitative estimate of drug-likeness (QED) is 0.394. The molecule has 0 atom stereocenters. The zero-order valence-electron chi connectivity index (χ0n) is 16.9. The fourth-order valence-corrected chi connectivity index (χ4v) is 4.72. The first-order chi connectivity index (χ1) is 15.2. The number of fused-ring (bicyclic) bond motifs is 5. The number of aromatic nitrogens is 2. The first-order valence-corrected chi connectivity index (χ1v) is 10.2. The Morgan fingerprint density at radius 2 is 1.19 bits per heavy atom. The lowest BCUT2D eigenvalue weighted by Gasteiger charge is -2.14. The van der Waals surface area contributed by atoms with E-state index in [0.717, 1.165) is 33.8 Å². The van der Waals surface area contributed by atoms with Crippen LogP contribution in [0, 0.1) is 6.92 Å². The number of nitrogens with zero attached hydrogens (tertiary/aromatic N) is 2. The normalized spacial score (nSPS) is 12.2. The molecule has 3 aromatic carbocycles. The standard InChI is InChI=1S/C27H18N2O2/c1-17-16-22-23(27(31)28(17)18-10-4-2-5-11-18)24-25(29(22)19-12-6-3-7-13-19)20-14-8-9-15-21(20)26(24)30/h2-16H,1H3. The minimum Gasteiger partial charge on any atom is -0.308 e. The molecule has 0 radical (unpaired) electrons. The highest BCUT2D eigenvalue weighted by molar-refractivity contribution is 6.27. The van der Waals surface area contributed by atoms with Crippen molar-refractivity contribution < 1.29 is 4.79 Å². The van der Waals surface area contributed by atoms with E-state index < -0.39 is 0 Å². The maximum absolute atomic E-state index is 13.8. The lowest BCUT2D eigenvalue weighted by atomic mass is 10.1. The van der Waals surface area contributed by atoms with Gasteiger partial charge >= 0.3 is 0 Å². The average Bonchev–Trinajstić information content (AvgIpc) is 3.28. The van der Waals surface area contributed by atoms with E-state index >= 15 is 0 Å². The van der Waals surface area contributed by atoms with Gasteiger partial charge in [-0.05, 0) is 37.3 Å². The molecule has 0 N–H and O–H groups in total. The maximum atomic E-state index is 13.8. The van der Waals surface area contributed by atoms with Crippen molar-refractivity contribution in [2.45, 2.75) is 6.92 Å². The Morgan fingerprint density at radius 3 is 1.84 bits per heavy atom. The van der Waals surface area contributed by atoms with Crippen LogP contribution < -0.4 is 5.56 Å². The number of para-hydroxylation sites is 2. The average molecular weight is 402 g/mol. The second-order valence-electron chi connectivity index (χ2n) is 7.79. The van der Waals surface area contributed by atoms with Gasteiger partial charge < -0.3 is 4.57 Å². The van der Waals surface area contributed by atoms with E-state index in [1.807, 2.05) is 97.9 Å². The first kappa shape index (κ1) is 17.7. The Bertz CT molecular complexity index is 1560. The summed E-state index contributed by atoms with van der Waals surface area (Å²) in [6.07, 6.45) is 0. The molecule has 2 heterocycles. The summed E-state index contributed by atoms with van der Waals surface area (Å²) in [5.41, 5.74) is 5.92. The van der Waals surface area contributed by atoms with E-state index in [0.29, 0.717) is 16.5 Å². The van der Waals surface area contributed by atoms with Gasteiger partial charge in [-0.1, -0.05) is 60.7 Å². The molecule has 31 heavy (non-hydrogen) atoms.